The van der Waals surface area contributed by atoms with Crippen LogP contribution in [0, 0.1) is 10.1 Å². The molecule has 0 unspecified atom stereocenters. The van der Waals surface area contributed by atoms with Gasteiger partial charge in [0.25, 0.3) is 17.5 Å². The van der Waals surface area contributed by atoms with Crippen molar-refractivity contribution in [3.05, 3.63) is 106 Å². The molecule has 0 fully saturated rings. The second kappa shape index (κ2) is 9.13. The third kappa shape index (κ3) is 4.49. The van der Waals surface area contributed by atoms with E-state index in [1.54, 1.807) is 30.3 Å². The second-order valence-electron chi connectivity index (χ2n) is 7.18. The molecule has 0 bridgehead atoms. The molecule has 3 aromatic carbocycles. The van der Waals surface area contributed by atoms with E-state index in [-0.39, 0.29) is 17.2 Å². The number of amides is 2. The summed E-state index contributed by atoms with van der Waals surface area (Å²) in [5.41, 5.74) is 2.55. The van der Waals surface area contributed by atoms with Crippen molar-refractivity contribution in [2.75, 3.05) is 11.9 Å². The number of rotatable bonds is 7. The second-order valence-corrected chi connectivity index (χ2v) is 7.18. The Morgan fingerprint density at radius 2 is 1.66 bits per heavy atom. The molecule has 0 radical (unpaired) electrons. The van der Waals surface area contributed by atoms with E-state index in [1.165, 1.54) is 18.3 Å². The van der Waals surface area contributed by atoms with Gasteiger partial charge >= 0.3 is 0 Å². The maximum Gasteiger partial charge on any atom is 0.270 e. The predicted molar refractivity (Wildman–Crippen MR) is 122 cm³/mol. The number of nitro benzene ring substituents is 1. The first-order chi connectivity index (χ1) is 15.5. The Morgan fingerprint density at radius 3 is 2.44 bits per heavy atom. The van der Waals surface area contributed by atoms with Crippen LogP contribution in [0.2, 0.25) is 0 Å². The number of carbonyl (C=O) groups excluding carboxylic acids is 2. The number of non-ortho nitro benzene ring substituents is 1. The topological polar surface area (TPSA) is 117 Å². The van der Waals surface area contributed by atoms with Crippen molar-refractivity contribution in [2.24, 2.45) is 0 Å². The van der Waals surface area contributed by atoms with Gasteiger partial charge in [-0.3, -0.25) is 19.7 Å². The molecule has 1 heterocycles. The van der Waals surface area contributed by atoms with E-state index in [2.05, 4.69) is 15.6 Å². The lowest BCUT2D eigenvalue weighted by Gasteiger charge is -2.11. The molecule has 0 spiro atoms. The lowest BCUT2D eigenvalue weighted by molar-refractivity contribution is -0.384. The maximum atomic E-state index is 12.9. The van der Waals surface area contributed by atoms with E-state index in [0.29, 0.717) is 35.1 Å². The minimum Gasteiger partial charge on any atom is -0.360 e. The Hall–Kier alpha value is -4.46. The van der Waals surface area contributed by atoms with Gasteiger partial charge in [-0.2, -0.15) is 0 Å². The van der Waals surface area contributed by atoms with Gasteiger partial charge in [-0.15, -0.1) is 0 Å². The minimum atomic E-state index is -0.511. The molecule has 8 heteroatoms. The number of hydrogen-bond acceptors (Lipinski definition) is 4. The number of H-pyrrole nitrogens is 1. The van der Waals surface area contributed by atoms with Crippen LogP contribution in [0.25, 0.3) is 10.9 Å². The highest BCUT2D eigenvalue weighted by Gasteiger charge is 2.18. The summed E-state index contributed by atoms with van der Waals surface area (Å²) in [6.45, 7) is 0.456. The number of nitrogens with zero attached hydrogens (tertiary/aromatic N) is 1. The van der Waals surface area contributed by atoms with Gasteiger partial charge in [0.05, 0.1) is 21.7 Å². The average molecular weight is 428 g/mol. The lowest BCUT2D eigenvalue weighted by Crippen LogP contribution is -2.27. The van der Waals surface area contributed by atoms with Crippen molar-refractivity contribution in [1.29, 1.82) is 0 Å². The molecule has 4 aromatic rings. The third-order valence-corrected chi connectivity index (χ3v) is 5.08. The maximum absolute atomic E-state index is 12.9. The van der Waals surface area contributed by atoms with Crippen LogP contribution in [-0.4, -0.2) is 28.3 Å². The molecule has 4 rings (SSSR count). The monoisotopic (exact) mass is 428 g/mol. The summed E-state index contributed by atoms with van der Waals surface area (Å²) in [6, 6.07) is 20.8. The first-order valence-corrected chi connectivity index (χ1v) is 10.0. The summed E-state index contributed by atoms with van der Waals surface area (Å²) >= 11 is 0. The number of carbonyl (C=O) groups is 2. The molecule has 8 nitrogen and oxygen atoms in total. The van der Waals surface area contributed by atoms with E-state index < -0.39 is 10.8 Å². The molecule has 0 atom stereocenters. The Balaban J connectivity index is 1.50. The number of aromatic nitrogens is 1. The summed E-state index contributed by atoms with van der Waals surface area (Å²) in [6.07, 6.45) is 2.18. The third-order valence-electron chi connectivity index (χ3n) is 5.08. The Labute approximate surface area is 183 Å². The molecule has 160 valence electrons. The van der Waals surface area contributed by atoms with Crippen molar-refractivity contribution < 1.29 is 14.5 Å². The van der Waals surface area contributed by atoms with Gasteiger partial charge in [-0.1, -0.05) is 42.5 Å². The van der Waals surface area contributed by atoms with Crippen LogP contribution < -0.4 is 10.6 Å². The van der Waals surface area contributed by atoms with Crippen LogP contribution in [0.15, 0.2) is 79.0 Å². The van der Waals surface area contributed by atoms with E-state index in [9.17, 15) is 19.7 Å². The van der Waals surface area contributed by atoms with Crippen LogP contribution in [0.5, 0.6) is 0 Å². The molecule has 0 aliphatic rings. The van der Waals surface area contributed by atoms with Gasteiger partial charge in [-0.05, 0) is 30.2 Å². The highest BCUT2D eigenvalue weighted by Crippen LogP contribution is 2.25. The Morgan fingerprint density at radius 1 is 0.906 bits per heavy atom. The van der Waals surface area contributed by atoms with Gasteiger partial charge in [0.1, 0.15) is 0 Å². The summed E-state index contributed by atoms with van der Waals surface area (Å²) in [7, 11) is 0. The average Bonchev–Trinajstić information content (AvgIpc) is 3.23. The van der Waals surface area contributed by atoms with Crippen LogP contribution in [-0.2, 0) is 6.42 Å². The van der Waals surface area contributed by atoms with Crippen molar-refractivity contribution in [3.8, 4) is 0 Å². The van der Waals surface area contributed by atoms with E-state index >= 15 is 0 Å². The number of nitro groups is 1. The first-order valence-electron chi connectivity index (χ1n) is 10.0. The summed E-state index contributed by atoms with van der Waals surface area (Å²) in [4.78, 5) is 39.1. The number of para-hydroxylation sites is 1. The van der Waals surface area contributed by atoms with Crippen LogP contribution in [0.4, 0.5) is 11.4 Å². The molecule has 0 saturated heterocycles. The molecule has 1 aromatic heterocycles. The lowest BCUT2D eigenvalue weighted by atomic mass is 10.1. The zero-order valence-corrected chi connectivity index (χ0v) is 17.0. The normalized spacial score (nSPS) is 10.6. The summed E-state index contributed by atoms with van der Waals surface area (Å²) in [5.74, 6) is -0.771. The van der Waals surface area contributed by atoms with Crippen LogP contribution >= 0.6 is 0 Å². The fraction of sp³-hybridized carbons (Fsp3) is 0.0833. The van der Waals surface area contributed by atoms with E-state index in [4.69, 9.17) is 0 Å². The van der Waals surface area contributed by atoms with Crippen LogP contribution in [0.1, 0.15) is 26.3 Å². The van der Waals surface area contributed by atoms with Crippen molar-refractivity contribution in [3.63, 3.8) is 0 Å². The standard InChI is InChI=1S/C24H20N4O4/c29-23(25-13-12-16-6-2-1-3-7-16)18-8-4-5-9-22(18)27-24(30)20-15-26-21-11-10-17(28(31)32)14-19(20)21/h1-11,14-15,26H,12-13H2,(H,25,29)(H,27,30). The smallest absolute Gasteiger partial charge is 0.270 e. The Kier molecular flexibility index (Phi) is 5.94. The molecular weight excluding hydrogens is 408 g/mol. The van der Waals surface area contributed by atoms with Gasteiger partial charge in [0.15, 0.2) is 0 Å². The van der Waals surface area contributed by atoms with E-state index in [1.807, 2.05) is 30.3 Å². The van der Waals surface area contributed by atoms with E-state index in [0.717, 1.165) is 5.56 Å². The highest BCUT2D eigenvalue weighted by molar-refractivity contribution is 6.15. The number of fused-ring (bicyclic) bond motifs is 1. The fourth-order valence-electron chi connectivity index (χ4n) is 3.45. The highest BCUT2D eigenvalue weighted by atomic mass is 16.6. The number of nitrogens with one attached hydrogen (secondary N) is 3. The largest absolute Gasteiger partial charge is 0.360 e. The molecule has 3 N–H and O–H groups in total. The number of benzene rings is 3. The van der Waals surface area contributed by atoms with Crippen molar-refractivity contribution in [2.45, 2.75) is 6.42 Å². The molecule has 0 aliphatic heterocycles. The summed E-state index contributed by atoms with van der Waals surface area (Å²) in [5, 5.41) is 17.1. The van der Waals surface area contributed by atoms with Crippen molar-refractivity contribution in [1.82, 2.24) is 10.3 Å². The fourth-order valence-corrected chi connectivity index (χ4v) is 3.45. The van der Waals surface area contributed by atoms with Crippen LogP contribution in [0.3, 0.4) is 0 Å². The zero-order chi connectivity index (χ0) is 22.5. The predicted octanol–water partition coefficient (Wildman–Crippen LogP) is 4.30. The number of hydrogen-bond donors (Lipinski definition) is 3. The first kappa shape index (κ1) is 20.8. The molecule has 0 aliphatic carbocycles. The molecular formula is C24H20N4O4. The Bertz CT molecular complexity index is 1300. The summed E-state index contributed by atoms with van der Waals surface area (Å²) < 4.78 is 0. The van der Waals surface area contributed by atoms with Gasteiger partial charge in [-0.25, -0.2) is 0 Å². The van der Waals surface area contributed by atoms with Crippen molar-refractivity contribution >= 4 is 34.1 Å². The molecule has 2 amide bonds. The number of aromatic amines is 1. The molecule has 0 saturated carbocycles. The van der Waals surface area contributed by atoms with Gasteiger partial charge < -0.3 is 15.6 Å². The number of anilines is 1. The molecule has 32 heavy (non-hydrogen) atoms. The zero-order valence-electron chi connectivity index (χ0n) is 17.0. The minimum absolute atomic E-state index is 0.107. The van der Waals surface area contributed by atoms with Gasteiger partial charge in [0.2, 0.25) is 0 Å². The quantitative estimate of drug-likeness (QED) is 0.300. The SMILES string of the molecule is O=C(NCCc1ccccc1)c1ccccc1NC(=O)c1c[nH]c2ccc([N+](=O)[O-])cc12. The van der Waals surface area contributed by atoms with Gasteiger partial charge in [0, 0.05) is 35.8 Å².